The van der Waals surface area contributed by atoms with Gasteiger partial charge in [-0.15, -0.1) is 0 Å². The highest BCUT2D eigenvalue weighted by Crippen LogP contribution is 2.31. The molecule has 0 bridgehead atoms. The molecule has 1 aromatic rings. The summed E-state index contributed by atoms with van der Waals surface area (Å²) in [5.74, 6) is 0.791. The summed E-state index contributed by atoms with van der Waals surface area (Å²) in [6.07, 6.45) is 5.68. The molecular formula is C15H22O. The molecule has 0 heterocycles. The van der Waals surface area contributed by atoms with E-state index in [9.17, 15) is 5.11 Å². The molecule has 1 aromatic carbocycles. The zero-order valence-corrected chi connectivity index (χ0v) is 10.4. The van der Waals surface area contributed by atoms with Gasteiger partial charge in [0, 0.05) is 0 Å². The minimum Gasteiger partial charge on any atom is -0.393 e. The Labute approximate surface area is 98.5 Å². The number of hydrogen-bond acceptors (Lipinski definition) is 1. The van der Waals surface area contributed by atoms with Crippen LogP contribution in [0.15, 0.2) is 18.2 Å². The van der Waals surface area contributed by atoms with E-state index in [4.69, 9.17) is 0 Å². The molecule has 1 nitrogen and oxygen atoms in total. The Balaban J connectivity index is 1.96. The van der Waals surface area contributed by atoms with Crippen LogP contribution in [0.1, 0.15) is 42.4 Å². The summed E-state index contributed by atoms with van der Waals surface area (Å²) >= 11 is 0. The second kappa shape index (κ2) is 5.01. The second-order valence-electron chi connectivity index (χ2n) is 5.26. The van der Waals surface area contributed by atoms with Crippen molar-refractivity contribution in [2.75, 3.05) is 0 Å². The number of aliphatic hydroxyl groups excluding tert-OH is 1. The van der Waals surface area contributed by atoms with Crippen LogP contribution < -0.4 is 0 Å². The van der Waals surface area contributed by atoms with Gasteiger partial charge in [-0.1, -0.05) is 37.5 Å². The van der Waals surface area contributed by atoms with Crippen molar-refractivity contribution >= 4 is 0 Å². The van der Waals surface area contributed by atoms with Crippen molar-refractivity contribution in [3.63, 3.8) is 0 Å². The standard InChI is InChI=1S/C15H22O/c1-11-5-3-6-12(2)15(11)10-14(16)9-13-7-4-8-13/h3,5-6,13-14,16H,4,7-10H2,1-2H3. The fourth-order valence-electron chi connectivity index (χ4n) is 2.60. The van der Waals surface area contributed by atoms with Crippen molar-refractivity contribution in [3.05, 3.63) is 34.9 Å². The Bertz CT molecular complexity index is 332. The van der Waals surface area contributed by atoms with E-state index in [1.807, 2.05) is 0 Å². The second-order valence-corrected chi connectivity index (χ2v) is 5.26. The normalized spacial score (nSPS) is 18.2. The fraction of sp³-hybridized carbons (Fsp3) is 0.600. The third-order valence-electron chi connectivity index (χ3n) is 3.91. The van der Waals surface area contributed by atoms with Gasteiger partial charge in [-0.3, -0.25) is 0 Å². The SMILES string of the molecule is Cc1cccc(C)c1CC(O)CC1CCC1. The molecule has 88 valence electrons. The number of hydrogen-bond donors (Lipinski definition) is 1. The van der Waals surface area contributed by atoms with Crippen LogP contribution in [-0.2, 0) is 6.42 Å². The molecule has 0 radical (unpaired) electrons. The number of benzene rings is 1. The Morgan fingerprint density at radius 1 is 1.25 bits per heavy atom. The lowest BCUT2D eigenvalue weighted by molar-refractivity contribution is 0.117. The van der Waals surface area contributed by atoms with E-state index in [1.54, 1.807) is 0 Å². The van der Waals surface area contributed by atoms with Gasteiger partial charge < -0.3 is 5.11 Å². The number of aliphatic hydroxyl groups is 1. The molecule has 1 saturated carbocycles. The molecule has 0 saturated heterocycles. The number of rotatable bonds is 4. The van der Waals surface area contributed by atoms with Crippen LogP contribution in [0.3, 0.4) is 0 Å². The maximum absolute atomic E-state index is 10.1. The third kappa shape index (κ3) is 2.65. The topological polar surface area (TPSA) is 20.2 Å². The van der Waals surface area contributed by atoms with Crippen molar-refractivity contribution in [3.8, 4) is 0 Å². The summed E-state index contributed by atoms with van der Waals surface area (Å²) in [7, 11) is 0. The van der Waals surface area contributed by atoms with Gasteiger partial charge in [0.1, 0.15) is 0 Å². The Morgan fingerprint density at radius 3 is 2.38 bits per heavy atom. The molecular weight excluding hydrogens is 196 g/mol. The van der Waals surface area contributed by atoms with Gasteiger partial charge in [0.15, 0.2) is 0 Å². The highest BCUT2D eigenvalue weighted by atomic mass is 16.3. The Morgan fingerprint density at radius 2 is 1.88 bits per heavy atom. The van der Waals surface area contributed by atoms with Crippen LogP contribution in [0, 0.1) is 19.8 Å². The van der Waals surface area contributed by atoms with E-state index in [0.29, 0.717) is 0 Å². The lowest BCUT2D eigenvalue weighted by Crippen LogP contribution is -2.21. The van der Waals surface area contributed by atoms with Gasteiger partial charge in [0.2, 0.25) is 0 Å². The largest absolute Gasteiger partial charge is 0.393 e. The molecule has 0 spiro atoms. The van der Waals surface area contributed by atoms with Crippen LogP contribution in [-0.4, -0.2) is 11.2 Å². The molecule has 1 aliphatic rings. The van der Waals surface area contributed by atoms with Gasteiger partial charge in [-0.2, -0.15) is 0 Å². The monoisotopic (exact) mass is 218 g/mol. The molecule has 1 unspecified atom stereocenters. The molecule has 1 aliphatic carbocycles. The summed E-state index contributed by atoms with van der Waals surface area (Å²) in [6, 6.07) is 6.36. The quantitative estimate of drug-likeness (QED) is 0.821. The minimum atomic E-state index is -0.148. The first-order valence-electron chi connectivity index (χ1n) is 6.40. The first-order valence-corrected chi connectivity index (χ1v) is 6.40. The van der Waals surface area contributed by atoms with Crippen LogP contribution in [0.25, 0.3) is 0 Å². The summed E-state index contributed by atoms with van der Waals surface area (Å²) in [5.41, 5.74) is 3.97. The van der Waals surface area contributed by atoms with E-state index in [-0.39, 0.29) is 6.10 Å². The van der Waals surface area contributed by atoms with Crippen molar-refractivity contribution < 1.29 is 5.11 Å². The molecule has 2 rings (SSSR count). The first-order chi connectivity index (χ1) is 7.66. The average molecular weight is 218 g/mol. The minimum absolute atomic E-state index is 0.148. The van der Waals surface area contributed by atoms with Gasteiger partial charge >= 0.3 is 0 Å². The smallest absolute Gasteiger partial charge is 0.0583 e. The predicted octanol–water partition coefficient (Wildman–Crippen LogP) is 3.40. The average Bonchev–Trinajstić information content (AvgIpc) is 2.18. The molecule has 0 aromatic heterocycles. The Hall–Kier alpha value is -0.820. The van der Waals surface area contributed by atoms with Gasteiger partial charge in [0.05, 0.1) is 6.10 Å². The Kier molecular flexibility index (Phi) is 3.65. The maximum Gasteiger partial charge on any atom is 0.0583 e. The molecule has 1 fully saturated rings. The molecule has 0 aliphatic heterocycles. The summed E-state index contributed by atoms with van der Waals surface area (Å²) < 4.78 is 0. The van der Waals surface area contributed by atoms with Crippen LogP contribution in [0.4, 0.5) is 0 Å². The highest BCUT2D eigenvalue weighted by Gasteiger charge is 2.21. The zero-order chi connectivity index (χ0) is 11.5. The van der Waals surface area contributed by atoms with Crippen LogP contribution >= 0.6 is 0 Å². The summed E-state index contributed by atoms with van der Waals surface area (Å²) in [6.45, 7) is 4.27. The van der Waals surface area contributed by atoms with E-state index in [0.717, 1.165) is 18.8 Å². The van der Waals surface area contributed by atoms with E-state index in [2.05, 4.69) is 32.0 Å². The van der Waals surface area contributed by atoms with Gasteiger partial charge in [-0.05, 0) is 49.3 Å². The van der Waals surface area contributed by atoms with Crippen molar-refractivity contribution in [2.24, 2.45) is 5.92 Å². The van der Waals surface area contributed by atoms with Crippen LogP contribution in [0.5, 0.6) is 0 Å². The van der Waals surface area contributed by atoms with Crippen molar-refractivity contribution in [1.29, 1.82) is 0 Å². The van der Waals surface area contributed by atoms with Crippen molar-refractivity contribution in [1.82, 2.24) is 0 Å². The summed E-state index contributed by atoms with van der Waals surface area (Å²) in [5, 5.41) is 10.1. The molecule has 0 amide bonds. The predicted molar refractivity (Wildman–Crippen MR) is 67.6 cm³/mol. The lowest BCUT2D eigenvalue weighted by atomic mass is 9.80. The maximum atomic E-state index is 10.1. The van der Waals surface area contributed by atoms with E-state index in [1.165, 1.54) is 36.0 Å². The molecule has 1 heteroatoms. The van der Waals surface area contributed by atoms with Crippen LogP contribution in [0.2, 0.25) is 0 Å². The molecule has 1 N–H and O–H groups in total. The fourth-order valence-corrected chi connectivity index (χ4v) is 2.60. The third-order valence-corrected chi connectivity index (χ3v) is 3.91. The molecule has 1 atom stereocenters. The van der Waals surface area contributed by atoms with E-state index >= 15 is 0 Å². The van der Waals surface area contributed by atoms with Gasteiger partial charge in [-0.25, -0.2) is 0 Å². The molecule has 16 heavy (non-hydrogen) atoms. The highest BCUT2D eigenvalue weighted by molar-refractivity contribution is 5.33. The van der Waals surface area contributed by atoms with Gasteiger partial charge in [0.25, 0.3) is 0 Å². The zero-order valence-electron chi connectivity index (χ0n) is 10.4. The lowest BCUT2D eigenvalue weighted by Gasteiger charge is -2.28. The first kappa shape index (κ1) is 11.7. The van der Waals surface area contributed by atoms with E-state index < -0.39 is 0 Å². The number of aryl methyl sites for hydroxylation is 2. The summed E-state index contributed by atoms with van der Waals surface area (Å²) in [4.78, 5) is 0. The van der Waals surface area contributed by atoms with Crippen molar-refractivity contribution in [2.45, 2.75) is 52.1 Å².